The van der Waals surface area contributed by atoms with Crippen LogP contribution in [0, 0.1) is 6.92 Å². The quantitative estimate of drug-likeness (QED) is 0.924. The highest BCUT2D eigenvalue weighted by atomic mass is 32.1. The first-order chi connectivity index (χ1) is 11.6. The summed E-state index contributed by atoms with van der Waals surface area (Å²) in [6, 6.07) is 6.11. The number of hydrogen-bond donors (Lipinski definition) is 1. The number of ether oxygens (including phenoxy) is 2. The van der Waals surface area contributed by atoms with Gasteiger partial charge >= 0.3 is 0 Å². The molecule has 0 radical (unpaired) electrons. The van der Waals surface area contributed by atoms with Gasteiger partial charge in [-0.05, 0) is 24.6 Å². The molecule has 1 spiro atoms. The number of rotatable bonds is 3. The van der Waals surface area contributed by atoms with E-state index in [1.807, 2.05) is 12.1 Å². The fraction of sp³-hybridized carbons (Fsp3) is 0.529. The molecule has 0 saturated carbocycles. The zero-order chi connectivity index (χ0) is 16.6. The van der Waals surface area contributed by atoms with Crippen molar-refractivity contribution in [3.63, 3.8) is 0 Å². The highest BCUT2D eigenvalue weighted by Crippen LogP contribution is 2.31. The van der Waals surface area contributed by atoms with Crippen LogP contribution in [0.5, 0.6) is 0 Å². The lowest BCUT2D eigenvalue weighted by molar-refractivity contribution is -0.185. The summed E-state index contributed by atoms with van der Waals surface area (Å²) in [6.45, 7) is 5.41. The lowest BCUT2D eigenvalue weighted by Gasteiger charge is -2.37. The number of carbonyl (C=O) groups is 1. The first-order valence-corrected chi connectivity index (χ1v) is 9.11. The molecule has 1 aromatic heterocycles. The smallest absolute Gasteiger partial charge is 0.240 e. The van der Waals surface area contributed by atoms with Crippen LogP contribution in [0.3, 0.4) is 0 Å². The molecule has 1 aromatic carbocycles. The van der Waals surface area contributed by atoms with Crippen LogP contribution in [-0.4, -0.2) is 54.4 Å². The maximum atomic E-state index is 12.3. The number of amides is 1. The second kappa shape index (κ2) is 6.40. The molecule has 2 saturated heterocycles. The molecule has 1 amide bonds. The van der Waals surface area contributed by atoms with Crippen LogP contribution in [0.25, 0.3) is 10.2 Å². The molecule has 0 aliphatic carbocycles. The number of aryl methyl sites for hydroxylation is 1. The maximum absolute atomic E-state index is 12.3. The molecule has 2 fully saturated rings. The molecule has 7 heteroatoms. The van der Waals surface area contributed by atoms with Crippen molar-refractivity contribution in [2.45, 2.75) is 25.6 Å². The average molecular weight is 347 g/mol. The topological polar surface area (TPSA) is 63.7 Å². The lowest BCUT2D eigenvalue weighted by Crippen LogP contribution is -2.47. The first kappa shape index (κ1) is 16.0. The van der Waals surface area contributed by atoms with Gasteiger partial charge in [-0.15, -0.1) is 0 Å². The Bertz CT molecular complexity index is 745. The van der Waals surface area contributed by atoms with Crippen LogP contribution in [0.4, 0.5) is 5.13 Å². The SMILES string of the molecule is Cc1ccc2nc(NC(=O)CN3CCC4(CC3)OCCO4)sc2c1. The summed E-state index contributed by atoms with van der Waals surface area (Å²) >= 11 is 1.52. The zero-order valence-electron chi connectivity index (χ0n) is 13.7. The van der Waals surface area contributed by atoms with E-state index >= 15 is 0 Å². The van der Waals surface area contributed by atoms with Gasteiger partial charge in [0, 0.05) is 25.9 Å². The summed E-state index contributed by atoms with van der Waals surface area (Å²) in [7, 11) is 0. The Morgan fingerprint density at radius 3 is 2.83 bits per heavy atom. The summed E-state index contributed by atoms with van der Waals surface area (Å²) in [5.74, 6) is -0.410. The number of carbonyl (C=O) groups excluding carboxylic acids is 1. The van der Waals surface area contributed by atoms with Crippen LogP contribution in [0.2, 0.25) is 0 Å². The zero-order valence-corrected chi connectivity index (χ0v) is 14.5. The van der Waals surface area contributed by atoms with Crippen molar-refractivity contribution in [2.75, 3.05) is 38.2 Å². The molecule has 0 atom stereocenters. The summed E-state index contributed by atoms with van der Waals surface area (Å²) in [5, 5.41) is 3.59. The van der Waals surface area contributed by atoms with E-state index in [0.717, 1.165) is 36.1 Å². The number of piperidine rings is 1. The largest absolute Gasteiger partial charge is 0.347 e. The van der Waals surface area contributed by atoms with Crippen molar-refractivity contribution in [1.82, 2.24) is 9.88 Å². The number of likely N-dealkylation sites (tertiary alicyclic amines) is 1. The van der Waals surface area contributed by atoms with E-state index in [1.165, 1.54) is 16.9 Å². The molecule has 128 valence electrons. The molecule has 3 heterocycles. The van der Waals surface area contributed by atoms with Gasteiger partial charge in [-0.1, -0.05) is 17.4 Å². The molecular weight excluding hydrogens is 326 g/mol. The third-order valence-corrected chi connectivity index (χ3v) is 5.52. The van der Waals surface area contributed by atoms with Crippen LogP contribution in [0.15, 0.2) is 18.2 Å². The molecule has 24 heavy (non-hydrogen) atoms. The Kier molecular flexibility index (Phi) is 4.26. The number of fused-ring (bicyclic) bond motifs is 1. The molecule has 2 aliphatic rings. The Balaban J connectivity index is 1.33. The predicted molar refractivity (Wildman–Crippen MR) is 93.3 cm³/mol. The maximum Gasteiger partial charge on any atom is 0.240 e. The molecular formula is C17H21N3O3S. The van der Waals surface area contributed by atoms with Crippen molar-refractivity contribution < 1.29 is 14.3 Å². The summed E-state index contributed by atoms with van der Waals surface area (Å²) in [6.07, 6.45) is 1.64. The number of anilines is 1. The molecule has 2 aliphatic heterocycles. The van der Waals surface area contributed by atoms with Crippen LogP contribution < -0.4 is 5.32 Å². The Morgan fingerprint density at radius 1 is 1.33 bits per heavy atom. The van der Waals surface area contributed by atoms with E-state index in [4.69, 9.17) is 9.47 Å². The molecule has 0 unspecified atom stereocenters. The number of nitrogens with zero attached hydrogens (tertiary/aromatic N) is 2. The fourth-order valence-electron chi connectivity index (χ4n) is 3.28. The van der Waals surface area contributed by atoms with Gasteiger partial charge in [-0.2, -0.15) is 0 Å². The monoisotopic (exact) mass is 347 g/mol. The van der Waals surface area contributed by atoms with Gasteiger partial charge in [0.15, 0.2) is 10.9 Å². The minimum Gasteiger partial charge on any atom is -0.347 e. The van der Waals surface area contributed by atoms with Crippen LogP contribution >= 0.6 is 11.3 Å². The Labute approximate surface area is 144 Å². The normalized spacial score (nSPS) is 20.7. The standard InChI is InChI=1S/C17H21N3O3S/c1-12-2-3-13-14(10-12)24-16(18-13)19-15(21)11-20-6-4-17(5-7-20)22-8-9-23-17/h2-3,10H,4-9,11H2,1H3,(H,18,19,21). The second-order valence-corrected chi connectivity index (χ2v) is 7.45. The van der Waals surface area contributed by atoms with Crippen molar-refractivity contribution in [3.8, 4) is 0 Å². The highest BCUT2D eigenvalue weighted by Gasteiger charge is 2.39. The lowest BCUT2D eigenvalue weighted by atomic mass is 10.0. The predicted octanol–water partition coefficient (Wildman–Crippen LogP) is 2.38. The third kappa shape index (κ3) is 3.30. The van der Waals surface area contributed by atoms with Crippen LogP contribution in [-0.2, 0) is 14.3 Å². The van der Waals surface area contributed by atoms with Crippen molar-refractivity contribution in [2.24, 2.45) is 0 Å². The van der Waals surface area contributed by atoms with Gasteiger partial charge in [0.25, 0.3) is 0 Å². The summed E-state index contributed by atoms with van der Waals surface area (Å²) in [5.41, 5.74) is 2.12. The van der Waals surface area contributed by atoms with Gasteiger partial charge in [-0.3, -0.25) is 9.69 Å². The van der Waals surface area contributed by atoms with Gasteiger partial charge in [0.1, 0.15) is 0 Å². The molecule has 2 aromatic rings. The third-order valence-electron chi connectivity index (χ3n) is 4.59. The molecule has 0 bridgehead atoms. The van der Waals surface area contributed by atoms with Gasteiger partial charge in [0.05, 0.1) is 30.0 Å². The van der Waals surface area contributed by atoms with Crippen molar-refractivity contribution in [1.29, 1.82) is 0 Å². The van der Waals surface area contributed by atoms with E-state index in [9.17, 15) is 4.79 Å². The van der Waals surface area contributed by atoms with E-state index < -0.39 is 5.79 Å². The Hall–Kier alpha value is -1.54. The van der Waals surface area contributed by atoms with E-state index in [-0.39, 0.29) is 5.91 Å². The van der Waals surface area contributed by atoms with Crippen molar-refractivity contribution in [3.05, 3.63) is 23.8 Å². The number of aromatic nitrogens is 1. The fourth-order valence-corrected chi connectivity index (χ4v) is 4.26. The number of hydrogen-bond acceptors (Lipinski definition) is 6. The molecule has 4 rings (SSSR count). The summed E-state index contributed by atoms with van der Waals surface area (Å²) in [4.78, 5) is 18.9. The minimum absolute atomic E-state index is 0.0185. The van der Waals surface area contributed by atoms with Gasteiger partial charge in [0.2, 0.25) is 5.91 Å². The average Bonchev–Trinajstić information content (AvgIpc) is 3.16. The number of nitrogens with one attached hydrogen (secondary N) is 1. The van der Waals surface area contributed by atoms with E-state index in [0.29, 0.717) is 24.9 Å². The highest BCUT2D eigenvalue weighted by molar-refractivity contribution is 7.22. The molecule has 6 nitrogen and oxygen atoms in total. The van der Waals surface area contributed by atoms with E-state index in [2.05, 4.69) is 28.2 Å². The second-order valence-electron chi connectivity index (χ2n) is 6.42. The molecule has 1 N–H and O–H groups in total. The Morgan fingerprint density at radius 2 is 2.08 bits per heavy atom. The van der Waals surface area contributed by atoms with Crippen molar-refractivity contribution >= 4 is 32.6 Å². The van der Waals surface area contributed by atoms with E-state index in [1.54, 1.807) is 0 Å². The van der Waals surface area contributed by atoms with Gasteiger partial charge in [-0.25, -0.2) is 4.98 Å². The first-order valence-electron chi connectivity index (χ1n) is 8.29. The van der Waals surface area contributed by atoms with Gasteiger partial charge < -0.3 is 14.8 Å². The van der Waals surface area contributed by atoms with Crippen LogP contribution in [0.1, 0.15) is 18.4 Å². The number of thiazole rings is 1. The minimum atomic E-state index is -0.391. The number of benzene rings is 1. The summed E-state index contributed by atoms with van der Waals surface area (Å²) < 4.78 is 12.5.